The number of ether oxygens (including phenoxy) is 2. The molecule has 0 aliphatic carbocycles. The summed E-state index contributed by atoms with van der Waals surface area (Å²) in [5.41, 5.74) is 0.616. The molecule has 20 heavy (non-hydrogen) atoms. The molecule has 0 bridgehead atoms. The Morgan fingerprint density at radius 3 is 2.55 bits per heavy atom. The lowest BCUT2D eigenvalue weighted by Crippen LogP contribution is -2.26. The van der Waals surface area contributed by atoms with Crippen molar-refractivity contribution >= 4 is 5.97 Å². The molecule has 0 saturated carbocycles. The van der Waals surface area contributed by atoms with Gasteiger partial charge in [-0.05, 0) is 30.8 Å². The largest absolute Gasteiger partial charge is 0.462 e. The summed E-state index contributed by atoms with van der Waals surface area (Å²) < 4.78 is 10.7. The van der Waals surface area contributed by atoms with Crippen LogP contribution in [0.25, 0.3) is 0 Å². The molecule has 3 atom stereocenters. The Morgan fingerprint density at radius 2 is 2.05 bits per heavy atom. The fourth-order valence-corrected chi connectivity index (χ4v) is 2.52. The predicted molar refractivity (Wildman–Crippen MR) is 81.4 cm³/mol. The van der Waals surface area contributed by atoms with E-state index in [1.54, 1.807) is 13.0 Å². The second kappa shape index (κ2) is 7.07. The van der Waals surface area contributed by atoms with Gasteiger partial charge >= 0.3 is 5.97 Å². The molecule has 1 aliphatic rings. The average Bonchev–Trinajstić information content (AvgIpc) is 3.11. The summed E-state index contributed by atoms with van der Waals surface area (Å²) in [6.07, 6.45) is 6.34. The van der Waals surface area contributed by atoms with Crippen molar-refractivity contribution in [1.82, 2.24) is 0 Å². The molecule has 1 aliphatic heterocycles. The SMILES string of the molecule is C=C(/C=C/C1OC1C(CCC)C(C)(C)C)C(=O)OCC. The maximum absolute atomic E-state index is 11.4. The van der Waals surface area contributed by atoms with Crippen molar-refractivity contribution in [2.45, 2.75) is 59.7 Å². The molecular formula is C17H28O3. The normalized spacial score (nSPS) is 23.6. The van der Waals surface area contributed by atoms with E-state index in [0.717, 1.165) is 12.8 Å². The number of epoxide rings is 1. The van der Waals surface area contributed by atoms with Crippen molar-refractivity contribution in [2.24, 2.45) is 11.3 Å². The van der Waals surface area contributed by atoms with E-state index >= 15 is 0 Å². The van der Waals surface area contributed by atoms with E-state index in [4.69, 9.17) is 9.47 Å². The minimum Gasteiger partial charge on any atom is -0.462 e. The summed E-state index contributed by atoms with van der Waals surface area (Å²) in [6, 6.07) is 0. The second-order valence-corrected chi connectivity index (χ2v) is 6.43. The Morgan fingerprint density at radius 1 is 1.40 bits per heavy atom. The first-order valence-corrected chi connectivity index (χ1v) is 7.51. The lowest BCUT2D eigenvalue weighted by Gasteiger charge is -2.29. The van der Waals surface area contributed by atoms with Gasteiger partial charge in [0.15, 0.2) is 0 Å². The van der Waals surface area contributed by atoms with Crippen molar-refractivity contribution in [1.29, 1.82) is 0 Å². The van der Waals surface area contributed by atoms with Gasteiger partial charge in [-0.2, -0.15) is 0 Å². The first-order valence-electron chi connectivity index (χ1n) is 7.51. The third-order valence-electron chi connectivity index (χ3n) is 3.69. The Hall–Kier alpha value is -1.09. The molecule has 0 radical (unpaired) electrons. The second-order valence-electron chi connectivity index (χ2n) is 6.43. The molecule has 0 aromatic carbocycles. The summed E-state index contributed by atoms with van der Waals surface area (Å²) >= 11 is 0. The third-order valence-corrected chi connectivity index (χ3v) is 3.69. The quantitative estimate of drug-likeness (QED) is 0.307. The summed E-state index contributed by atoms with van der Waals surface area (Å²) in [5.74, 6) is 0.180. The molecule has 0 amide bonds. The number of hydrogen-bond donors (Lipinski definition) is 0. The highest BCUT2D eigenvalue weighted by Crippen LogP contribution is 2.43. The van der Waals surface area contributed by atoms with Crippen LogP contribution in [-0.4, -0.2) is 24.8 Å². The Bertz CT molecular complexity index is 376. The predicted octanol–water partition coefficient (Wildman–Crippen LogP) is 3.89. The van der Waals surface area contributed by atoms with Crippen LogP contribution in [0.5, 0.6) is 0 Å². The lowest BCUT2D eigenvalue weighted by molar-refractivity contribution is -0.138. The van der Waals surface area contributed by atoms with Gasteiger partial charge in [-0.25, -0.2) is 4.79 Å². The van der Waals surface area contributed by atoms with Crippen LogP contribution in [0, 0.1) is 11.3 Å². The zero-order valence-electron chi connectivity index (χ0n) is 13.4. The number of esters is 1. The molecule has 1 heterocycles. The van der Waals surface area contributed by atoms with Gasteiger partial charge in [-0.3, -0.25) is 0 Å². The van der Waals surface area contributed by atoms with Crippen molar-refractivity contribution in [3.05, 3.63) is 24.3 Å². The van der Waals surface area contributed by atoms with Crippen molar-refractivity contribution < 1.29 is 14.3 Å². The Labute approximate surface area is 123 Å². The molecule has 3 heteroatoms. The Balaban J connectivity index is 2.53. The highest BCUT2D eigenvalue weighted by atomic mass is 16.6. The molecule has 0 N–H and O–H groups in total. The van der Waals surface area contributed by atoms with E-state index in [1.165, 1.54) is 0 Å². The molecule has 1 rings (SSSR count). The van der Waals surface area contributed by atoms with E-state index in [-0.39, 0.29) is 23.6 Å². The van der Waals surface area contributed by atoms with Gasteiger partial charge in [0.05, 0.1) is 18.3 Å². The summed E-state index contributed by atoms with van der Waals surface area (Å²) in [4.78, 5) is 11.4. The fourth-order valence-electron chi connectivity index (χ4n) is 2.52. The van der Waals surface area contributed by atoms with Crippen LogP contribution >= 0.6 is 0 Å². The number of hydrogen-bond acceptors (Lipinski definition) is 3. The van der Waals surface area contributed by atoms with Crippen LogP contribution in [0.1, 0.15) is 47.5 Å². The number of carbonyl (C=O) groups is 1. The molecule has 3 nitrogen and oxygen atoms in total. The van der Waals surface area contributed by atoms with Gasteiger partial charge in [-0.15, -0.1) is 0 Å². The molecule has 1 saturated heterocycles. The first-order chi connectivity index (χ1) is 9.31. The summed E-state index contributed by atoms with van der Waals surface area (Å²) in [7, 11) is 0. The highest BCUT2D eigenvalue weighted by Gasteiger charge is 2.46. The first kappa shape index (κ1) is 17.0. The number of carbonyl (C=O) groups excluding carboxylic acids is 1. The minimum absolute atomic E-state index is 0.108. The third kappa shape index (κ3) is 4.78. The molecular weight excluding hydrogens is 252 g/mol. The van der Waals surface area contributed by atoms with E-state index in [0.29, 0.717) is 18.1 Å². The molecule has 3 unspecified atom stereocenters. The molecule has 0 aromatic heterocycles. The minimum atomic E-state index is -0.359. The fraction of sp³-hybridized carbons (Fsp3) is 0.706. The average molecular weight is 280 g/mol. The smallest absolute Gasteiger partial charge is 0.337 e. The van der Waals surface area contributed by atoms with Gasteiger partial charge in [0.2, 0.25) is 0 Å². The van der Waals surface area contributed by atoms with Crippen molar-refractivity contribution in [3.8, 4) is 0 Å². The Kier molecular flexibility index (Phi) is 6.00. The standard InChI is InChI=1S/C17H28O3/c1-7-9-13(17(4,5)6)15-14(20-15)11-10-12(3)16(18)19-8-2/h10-11,13-15H,3,7-9H2,1-2,4-6H3/b11-10+. The van der Waals surface area contributed by atoms with E-state index < -0.39 is 0 Å². The monoisotopic (exact) mass is 280 g/mol. The van der Waals surface area contributed by atoms with E-state index in [2.05, 4.69) is 34.3 Å². The lowest BCUT2D eigenvalue weighted by atomic mass is 9.75. The zero-order chi connectivity index (χ0) is 15.3. The van der Waals surface area contributed by atoms with Gasteiger partial charge in [0.25, 0.3) is 0 Å². The summed E-state index contributed by atoms with van der Waals surface area (Å²) in [5, 5.41) is 0. The van der Waals surface area contributed by atoms with Gasteiger partial charge in [0.1, 0.15) is 6.10 Å². The van der Waals surface area contributed by atoms with Gasteiger partial charge in [-0.1, -0.05) is 46.8 Å². The highest BCUT2D eigenvalue weighted by molar-refractivity contribution is 5.90. The van der Waals surface area contributed by atoms with Crippen LogP contribution in [-0.2, 0) is 14.3 Å². The van der Waals surface area contributed by atoms with Crippen molar-refractivity contribution in [3.63, 3.8) is 0 Å². The van der Waals surface area contributed by atoms with Crippen LogP contribution in [0.15, 0.2) is 24.3 Å². The van der Waals surface area contributed by atoms with Gasteiger partial charge < -0.3 is 9.47 Å². The van der Waals surface area contributed by atoms with Crippen LogP contribution in [0.3, 0.4) is 0 Å². The van der Waals surface area contributed by atoms with E-state index in [1.807, 2.05) is 6.08 Å². The van der Waals surface area contributed by atoms with Crippen molar-refractivity contribution in [2.75, 3.05) is 6.61 Å². The topological polar surface area (TPSA) is 38.8 Å². The molecule has 114 valence electrons. The van der Waals surface area contributed by atoms with Gasteiger partial charge in [0, 0.05) is 0 Å². The molecule has 0 aromatic rings. The van der Waals surface area contributed by atoms with Crippen LogP contribution < -0.4 is 0 Å². The zero-order valence-corrected chi connectivity index (χ0v) is 13.4. The maximum atomic E-state index is 11.4. The maximum Gasteiger partial charge on any atom is 0.337 e. The molecule has 0 spiro atoms. The van der Waals surface area contributed by atoms with Crippen LogP contribution in [0.4, 0.5) is 0 Å². The summed E-state index contributed by atoms with van der Waals surface area (Å²) in [6.45, 7) is 14.8. The molecule has 1 fully saturated rings. The van der Waals surface area contributed by atoms with Crippen LogP contribution in [0.2, 0.25) is 0 Å². The number of rotatable bonds is 7. The van der Waals surface area contributed by atoms with E-state index in [9.17, 15) is 4.79 Å².